The maximum absolute atomic E-state index is 5.64. The topological polar surface area (TPSA) is 60.2 Å². The molecule has 5 nitrogen and oxygen atoms in total. The number of nitrogens with one attached hydrogen (secondary N) is 1. The summed E-state index contributed by atoms with van der Waals surface area (Å²) in [6, 6.07) is 10.6. The van der Waals surface area contributed by atoms with Crippen molar-refractivity contribution in [2.45, 2.75) is 37.1 Å². The van der Waals surface area contributed by atoms with E-state index in [4.69, 9.17) is 14.2 Å². The SMILES string of the molecule is Cl.c1ccc(CC2(c3nc(C4COCCN4)no3)CCC2)cc1. The second-order valence-corrected chi connectivity index (χ2v) is 6.34. The first-order valence-corrected chi connectivity index (χ1v) is 8.05. The van der Waals surface area contributed by atoms with E-state index in [2.05, 4.69) is 40.8 Å². The number of morpholine rings is 1. The molecular formula is C17H22ClN3O2. The molecule has 0 spiro atoms. The predicted octanol–water partition coefficient (Wildman–Crippen LogP) is 2.82. The van der Waals surface area contributed by atoms with Crippen molar-refractivity contribution in [3.05, 3.63) is 47.6 Å². The molecule has 1 saturated carbocycles. The van der Waals surface area contributed by atoms with Crippen LogP contribution in [0.3, 0.4) is 0 Å². The highest BCUT2D eigenvalue weighted by molar-refractivity contribution is 5.85. The molecule has 1 N–H and O–H groups in total. The molecule has 2 fully saturated rings. The first kappa shape index (κ1) is 16.4. The van der Waals surface area contributed by atoms with Crippen LogP contribution in [0.5, 0.6) is 0 Å². The number of aromatic nitrogens is 2. The summed E-state index contributed by atoms with van der Waals surface area (Å²) < 4.78 is 11.1. The second-order valence-electron chi connectivity index (χ2n) is 6.34. The maximum Gasteiger partial charge on any atom is 0.233 e. The lowest BCUT2D eigenvalue weighted by Crippen LogP contribution is -2.37. The van der Waals surface area contributed by atoms with Gasteiger partial charge in [-0.25, -0.2) is 0 Å². The minimum atomic E-state index is 0. The zero-order valence-electron chi connectivity index (χ0n) is 13.0. The molecule has 0 bridgehead atoms. The fourth-order valence-corrected chi connectivity index (χ4v) is 3.38. The summed E-state index contributed by atoms with van der Waals surface area (Å²) in [4.78, 5) is 4.70. The average molecular weight is 336 g/mol. The minimum Gasteiger partial charge on any atom is -0.378 e. The predicted molar refractivity (Wildman–Crippen MR) is 88.8 cm³/mol. The Morgan fingerprint density at radius 3 is 2.70 bits per heavy atom. The molecule has 124 valence electrons. The fraction of sp³-hybridized carbons (Fsp3) is 0.529. The number of benzene rings is 1. The molecule has 2 heterocycles. The van der Waals surface area contributed by atoms with Crippen molar-refractivity contribution >= 4 is 12.4 Å². The third kappa shape index (κ3) is 3.27. The molecule has 23 heavy (non-hydrogen) atoms. The molecule has 6 heteroatoms. The van der Waals surface area contributed by atoms with Crippen molar-refractivity contribution in [2.75, 3.05) is 19.8 Å². The Morgan fingerprint density at radius 1 is 1.22 bits per heavy atom. The highest BCUT2D eigenvalue weighted by Crippen LogP contribution is 2.45. The van der Waals surface area contributed by atoms with E-state index in [1.807, 2.05) is 0 Å². The number of nitrogens with zero attached hydrogens (tertiary/aromatic N) is 2. The normalized spacial score (nSPS) is 22.9. The van der Waals surface area contributed by atoms with Gasteiger partial charge in [0.1, 0.15) is 0 Å². The molecule has 1 atom stereocenters. The van der Waals surface area contributed by atoms with Crippen LogP contribution in [0.1, 0.15) is 42.6 Å². The van der Waals surface area contributed by atoms with Crippen molar-refractivity contribution < 1.29 is 9.26 Å². The van der Waals surface area contributed by atoms with Crippen LogP contribution in [-0.2, 0) is 16.6 Å². The van der Waals surface area contributed by atoms with Crippen molar-refractivity contribution in [1.82, 2.24) is 15.5 Å². The first-order chi connectivity index (χ1) is 10.9. The van der Waals surface area contributed by atoms with Crippen LogP contribution in [0.25, 0.3) is 0 Å². The fourth-order valence-electron chi connectivity index (χ4n) is 3.38. The van der Waals surface area contributed by atoms with Gasteiger partial charge >= 0.3 is 0 Å². The summed E-state index contributed by atoms with van der Waals surface area (Å²) >= 11 is 0. The van der Waals surface area contributed by atoms with Crippen LogP contribution in [0.4, 0.5) is 0 Å². The van der Waals surface area contributed by atoms with Crippen LogP contribution in [-0.4, -0.2) is 29.9 Å². The van der Waals surface area contributed by atoms with Crippen molar-refractivity contribution in [3.63, 3.8) is 0 Å². The van der Waals surface area contributed by atoms with E-state index in [1.165, 1.54) is 12.0 Å². The number of rotatable bonds is 4. The smallest absolute Gasteiger partial charge is 0.233 e. The molecule has 1 aromatic carbocycles. The van der Waals surface area contributed by atoms with Crippen LogP contribution in [0.2, 0.25) is 0 Å². The Kier molecular flexibility index (Phi) is 4.99. The number of halogens is 1. The Labute approximate surface area is 142 Å². The second kappa shape index (κ2) is 6.99. The van der Waals surface area contributed by atoms with Crippen LogP contribution < -0.4 is 5.32 Å². The molecule has 2 aromatic rings. The average Bonchev–Trinajstić information content (AvgIpc) is 3.03. The summed E-state index contributed by atoms with van der Waals surface area (Å²) in [5.41, 5.74) is 1.36. The molecule has 1 unspecified atom stereocenters. The Hall–Kier alpha value is -1.43. The van der Waals surface area contributed by atoms with Gasteiger partial charge in [-0.1, -0.05) is 41.9 Å². The Bertz CT molecular complexity index is 622. The maximum atomic E-state index is 5.64. The van der Waals surface area contributed by atoms with E-state index in [1.54, 1.807) is 0 Å². The number of hydrogen-bond acceptors (Lipinski definition) is 5. The zero-order valence-corrected chi connectivity index (χ0v) is 13.8. The highest BCUT2D eigenvalue weighted by Gasteiger charge is 2.44. The van der Waals surface area contributed by atoms with E-state index >= 15 is 0 Å². The quantitative estimate of drug-likeness (QED) is 0.931. The molecule has 0 radical (unpaired) electrons. The van der Waals surface area contributed by atoms with E-state index in [-0.39, 0.29) is 23.9 Å². The Morgan fingerprint density at radius 2 is 2.04 bits per heavy atom. The van der Waals surface area contributed by atoms with Crippen molar-refractivity contribution in [2.24, 2.45) is 0 Å². The summed E-state index contributed by atoms with van der Waals surface area (Å²) in [6.45, 7) is 2.20. The monoisotopic (exact) mass is 335 g/mol. The van der Waals surface area contributed by atoms with Gasteiger partial charge in [0, 0.05) is 6.54 Å². The Balaban J connectivity index is 0.00000156. The van der Waals surface area contributed by atoms with Gasteiger partial charge in [-0.05, 0) is 24.8 Å². The molecular weight excluding hydrogens is 314 g/mol. The third-order valence-electron chi connectivity index (χ3n) is 4.82. The van der Waals surface area contributed by atoms with Crippen LogP contribution >= 0.6 is 12.4 Å². The minimum absolute atomic E-state index is 0. The molecule has 1 aliphatic heterocycles. The number of hydrogen-bond donors (Lipinski definition) is 1. The van der Waals surface area contributed by atoms with Crippen LogP contribution in [0, 0.1) is 0 Å². The largest absolute Gasteiger partial charge is 0.378 e. The zero-order chi connectivity index (χ0) is 14.8. The summed E-state index contributed by atoms with van der Waals surface area (Å²) in [7, 11) is 0. The summed E-state index contributed by atoms with van der Waals surface area (Å²) in [6.07, 6.45) is 4.45. The first-order valence-electron chi connectivity index (χ1n) is 8.05. The lowest BCUT2D eigenvalue weighted by molar-refractivity contribution is 0.0734. The molecule has 0 amide bonds. The number of ether oxygens (including phenoxy) is 1. The summed E-state index contributed by atoms with van der Waals surface area (Å²) in [5.74, 6) is 1.53. The van der Waals surface area contributed by atoms with E-state index in [0.29, 0.717) is 6.61 Å². The van der Waals surface area contributed by atoms with E-state index in [0.717, 1.165) is 44.1 Å². The molecule has 1 aliphatic carbocycles. The third-order valence-corrected chi connectivity index (χ3v) is 4.82. The van der Waals surface area contributed by atoms with Crippen LogP contribution in [0.15, 0.2) is 34.9 Å². The summed E-state index contributed by atoms with van der Waals surface area (Å²) in [5, 5.41) is 7.58. The lowest BCUT2D eigenvalue weighted by Gasteiger charge is -2.38. The van der Waals surface area contributed by atoms with Gasteiger partial charge in [-0.3, -0.25) is 0 Å². The highest BCUT2D eigenvalue weighted by atomic mass is 35.5. The standard InChI is InChI=1S/C17H21N3O2.ClH/c1-2-5-13(6-3-1)11-17(7-4-8-17)16-19-15(20-22-16)14-12-21-10-9-18-14;/h1-3,5-6,14,18H,4,7-12H2;1H. The van der Waals surface area contributed by atoms with E-state index in [9.17, 15) is 0 Å². The lowest BCUT2D eigenvalue weighted by atomic mass is 9.65. The van der Waals surface area contributed by atoms with Crippen molar-refractivity contribution in [1.29, 1.82) is 0 Å². The van der Waals surface area contributed by atoms with Gasteiger partial charge in [0.05, 0.1) is 24.7 Å². The van der Waals surface area contributed by atoms with Gasteiger partial charge in [0.2, 0.25) is 5.89 Å². The molecule has 2 aliphatic rings. The van der Waals surface area contributed by atoms with Gasteiger partial charge in [0.25, 0.3) is 0 Å². The molecule has 4 rings (SSSR count). The van der Waals surface area contributed by atoms with Gasteiger partial charge in [-0.15, -0.1) is 12.4 Å². The molecule has 1 saturated heterocycles. The van der Waals surface area contributed by atoms with E-state index < -0.39 is 0 Å². The van der Waals surface area contributed by atoms with Crippen molar-refractivity contribution in [3.8, 4) is 0 Å². The van der Waals surface area contributed by atoms with Gasteiger partial charge in [-0.2, -0.15) is 4.98 Å². The van der Waals surface area contributed by atoms with Gasteiger partial charge in [0.15, 0.2) is 5.82 Å². The molecule has 1 aromatic heterocycles. The van der Waals surface area contributed by atoms with Gasteiger partial charge < -0.3 is 14.6 Å².